The van der Waals surface area contributed by atoms with E-state index >= 15 is 0 Å². The summed E-state index contributed by atoms with van der Waals surface area (Å²) in [5.41, 5.74) is 6.84. The number of nitrogens with zero attached hydrogens (tertiary/aromatic N) is 3. The third kappa shape index (κ3) is 4.79. The number of para-hydroxylation sites is 1. The standard InChI is InChI=1S/C16H20N4S/c1-21-16(17)19-12-7-13-20(14-8-3-2-4-9-14)15-10-5-6-11-18-15/h2-6,8-11H,7,12-13H2,1H3,(H2,17,19). The molecular formula is C16H20N4S. The van der Waals surface area contributed by atoms with Crippen LogP contribution in [-0.2, 0) is 0 Å². The molecule has 110 valence electrons. The molecule has 21 heavy (non-hydrogen) atoms. The van der Waals surface area contributed by atoms with Gasteiger partial charge in [-0.05, 0) is 36.9 Å². The predicted molar refractivity (Wildman–Crippen MR) is 92.3 cm³/mol. The van der Waals surface area contributed by atoms with Crippen LogP contribution >= 0.6 is 11.8 Å². The Bertz CT molecular complexity index is 518. The quantitative estimate of drug-likeness (QED) is 0.505. The Hall–Kier alpha value is -2.01. The Kier molecular flexibility index (Phi) is 6.09. The van der Waals surface area contributed by atoms with Gasteiger partial charge in [-0.15, -0.1) is 0 Å². The van der Waals surface area contributed by atoms with Gasteiger partial charge in [0.1, 0.15) is 5.82 Å². The molecule has 1 aromatic carbocycles. The highest BCUT2D eigenvalue weighted by molar-refractivity contribution is 8.13. The van der Waals surface area contributed by atoms with Gasteiger partial charge in [-0.25, -0.2) is 4.98 Å². The minimum atomic E-state index is 0.638. The molecule has 0 aliphatic heterocycles. The zero-order chi connectivity index (χ0) is 14.9. The minimum Gasteiger partial charge on any atom is -0.379 e. The van der Waals surface area contributed by atoms with Crippen LogP contribution in [0.5, 0.6) is 0 Å². The van der Waals surface area contributed by atoms with E-state index in [4.69, 9.17) is 5.73 Å². The highest BCUT2D eigenvalue weighted by atomic mass is 32.2. The van der Waals surface area contributed by atoms with Crippen molar-refractivity contribution in [3.05, 3.63) is 54.7 Å². The van der Waals surface area contributed by atoms with Gasteiger partial charge in [-0.3, -0.25) is 4.99 Å². The van der Waals surface area contributed by atoms with Crippen LogP contribution in [0, 0.1) is 0 Å². The van der Waals surface area contributed by atoms with Gasteiger partial charge in [-0.2, -0.15) is 0 Å². The number of amidine groups is 1. The summed E-state index contributed by atoms with van der Waals surface area (Å²) in [5.74, 6) is 0.950. The van der Waals surface area contributed by atoms with Crippen molar-refractivity contribution in [2.75, 3.05) is 24.2 Å². The van der Waals surface area contributed by atoms with E-state index in [-0.39, 0.29) is 0 Å². The molecule has 0 fully saturated rings. The first-order valence-corrected chi connectivity index (χ1v) is 8.11. The van der Waals surface area contributed by atoms with Gasteiger partial charge in [0.25, 0.3) is 0 Å². The van der Waals surface area contributed by atoms with E-state index < -0.39 is 0 Å². The number of aliphatic imine (C=N–C) groups is 1. The van der Waals surface area contributed by atoms with Crippen molar-refractivity contribution >= 4 is 28.4 Å². The SMILES string of the molecule is CSC(N)=NCCCN(c1ccccc1)c1ccccn1. The van der Waals surface area contributed by atoms with Crippen LogP contribution in [-0.4, -0.2) is 29.5 Å². The molecule has 0 aliphatic rings. The second-order valence-electron chi connectivity index (χ2n) is 4.45. The van der Waals surface area contributed by atoms with Crippen molar-refractivity contribution in [3.8, 4) is 0 Å². The van der Waals surface area contributed by atoms with E-state index in [1.54, 1.807) is 0 Å². The number of benzene rings is 1. The summed E-state index contributed by atoms with van der Waals surface area (Å²) in [6.45, 7) is 1.58. The minimum absolute atomic E-state index is 0.638. The average molecular weight is 300 g/mol. The Morgan fingerprint density at radius 1 is 1.19 bits per heavy atom. The zero-order valence-corrected chi connectivity index (χ0v) is 13.0. The summed E-state index contributed by atoms with van der Waals surface area (Å²) in [6.07, 6.45) is 4.67. The molecule has 0 radical (unpaired) electrons. The maximum atomic E-state index is 5.70. The van der Waals surface area contributed by atoms with E-state index in [2.05, 4.69) is 27.0 Å². The number of thioether (sulfide) groups is 1. The van der Waals surface area contributed by atoms with Crippen molar-refractivity contribution in [3.63, 3.8) is 0 Å². The van der Waals surface area contributed by atoms with E-state index in [1.807, 2.05) is 48.9 Å². The van der Waals surface area contributed by atoms with Crippen LogP contribution in [0.15, 0.2) is 59.7 Å². The van der Waals surface area contributed by atoms with Crippen molar-refractivity contribution in [1.82, 2.24) is 4.98 Å². The highest BCUT2D eigenvalue weighted by Gasteiger charge is 2.09. The second kappa shape index (κ2) is 8.32. The molecule has 4 nitrogen and oxygen atoms in total. The average Bonchev–Trinajstić information content (AvgIpc) is 2.56. The number of hydrogen-bond acceptors (Lipinski definition) is 4. The van der Waals surface area contributed by atoms with Gasteiger partial charge in [0, 0.05) is 25.0 Å². The molecule has 0 unspecified atom stereocenters. The Morgan fingerprint density at radius 2 is 1.95 bits per heavy atom. The third-order valence-electron chi connectivity index (χ3n) is 3.01. The molecule has 2 N–H and O–H groups in total. The molecule has 0 atom stereocenters. The molecule has 0 amide bonds. The van der Waals surface area contributed by atoms with Crippen LogP contribution in [0.4, 0.5) is 11.5 Å². The molecule has 1 aromatic heterocycles. The maximum Gasteiger partial charge on any atom is 0.153 e. The van der Waals surface area contributed by atoms with E-state index in [0.717, 1.165) is 31.0 Å². The van der Waals surface area contributed by atoms with Crippen molar-refractivity contribution < 1.29 is 0 Å². The Morgan fingerprint density at radius 3 is 2.62 bits per heavy atom. The number of pyridine rings is 1. The molecule has 0 saturated heterocycles. The van der Waals surface area contributed by atoms with E-state index in [9.17, 15) is 0 Å². The highest BCUT2D eigenvalue weighted by Crippen LogP contribution is 2.22. The van der Waals surface area contributed by atoms with Crippen LogP contribution in [0.3, 0.4) is 0 Å². The zero-order valence-electron chi connectivity index (χ0n) is 12.1. The molecule has 0 bridgehead atoms. The monoisotopic (exact) mass is 300 g/mol. The maximum absolute atomic E-state index is 5.70. The van der Waals surface area contributed by atoms with Gasteiger partial charge >= 0.3 is 0 Å². The summed E-state index contributed by atoms with van der Waals surface area (Å²) >= 11 is 1.48. The molecule has 2 rings (SSSR count). The second-order valence-corrected chi connectivity index (χ2v) is 5.28. The van der Waals surface area contributed by atoms with Gasteiger partial charge in [0.05, 0.1) is 0 Å². The Labute approximate surface area is 130 Å². The predicted octanol–water partition coefficient (Wildman–Crippen LogP) is 3.29. The topological polar surface area (TPSA) is 54.5 Å². The third-order valence-corrected chi connectivity index (χ3v) is 3.56. The lowest BCUT2D eigenvalue weighted by Crippen LogP contribution is -2.20. The van der Waals surface area contributed by atoms with Crippen molar-refractivity contribution in [2.24, 2.45) is 10.7 Å². The van der Waals surface area contributed by atoms with E-state index in [0.29, 0.717) is 5.17 Å². The number of rotatable bonds is 6. The van der Waals surface area contributed by atoms with Gasteiger partial charge in [0.2, 0.25) is 0 Å². The van der Waals surface area contributed by atoms with Gasteiger partial charge in [0.15, 0.2) is 5.17 Å². The lowest BCUT2D eigenvalue weighted by Gasteiger charge is -2.23. The molecule has 1 heterocycles. The number of anilines is 2. The summed E-state index contributed by atoms with van der Waals surface area (Å²) in [7, 11) is 0. The first kappa shape index (κ1) is 15.4. The first-order chi connectivity index (χ1) is 10.3. The van der Waals surface area contributed by atoms with Crippen LogP contribution < -0.4 is 10.6 Å². The molecule has 0 saturated carbocycles. The van der Waals surface area contributed by atoms with Gasteiger partial charge in [-0.1, -0.05) is 36.0 Å². The molecule has 0 aliphatic carbocycles. The molecule has 2 aromatic rings. The fourth-order valence-corrected chi connectivity index (χ4v) is 2.20. The fourth-order valence-electron chi connectivity index (χ4n) is 1.98. The Balaban J connectivity index is 2.07. The normalized spacial score (nSPS) is 11.4. The molecule has 0 spiro atoms. The van der Waals surface area contributed by atoms with Crippen LogP contribution in [0.2, 0.25) is 0 Å². The lowest BCUT2D eigenvalue weighted by molar-refractivity contribution is 0.811. The largest absolute Gasteiger partial charge is 0.379 e. The smallest absolute Gasteiger partial charge is 0.153 e. The summed E-state index contributed by atoms with van der Waals surface area (Å²) in [5, 5.41) is 0.638. The van der Waals surface area contributed by atoms with Crippen molar-refractivity contribution in [1.29, 1.82) is 0 Å². The first-order valence-electron chi connectivity index (χ1n) is 6.89. The molecular weight excluding hydrogens is 280 g/mol. The van der Waals surface area contributed by atoms with E-state index in [1.165, 1.54) is 11.8 Å². The number of aromatic nitrogens is 1. The van der Waals surface area contributed by atoms with Crippen molar-refractivity contribution in [2.45, 2.75) is 6.42 Å². The van der Waals surface area contributed by atoms with Crippen LogP contribution in [0.1, 0.15) is 6.42 Å². The summed E-state index contributed by atoms with van der Waals surface area (Å²) < 4.78 is 0. The number of nitrogens with two attached hydrogens (primary N) is 1. The fraction of sp³-hybridized carbons (Fsp3) is 0.250. The summed E-state index contributed by atoms with van der Waals surface area (Å²) in [6, 6.07) is 16.2. The number of hydrogen-bond donors (Lipinski definition) is 1. The molecule has 5 heteroatoms. The van der Waals surface area contributed by atoms with Crippen LogP contribution in [0.25, 0.3) is 0 Å². The summed E-state index contributed by atoms with van der Waals surface area (Å²) in [4.78, 5) is 11.0. The lowest BCUT2D eigenvalue weighted by atomic mass is 10.2. The van der Waals surface area contributed by atoms with Gasteiger partial charge < -0.3 is 10.6 Å².